The van der Waals surface area contributed by atoms with E-state index in [2.05, 4.69) is 30.2 Å². The van der Waals surface area contributed by atoms with Crippen LogP contribution in [0.3, 0.4) is 0 Å². The Morgan fingerprint density at radius 3 is 2.50 bits per heavy atom. The number of rotatable bonds is 4. The molecule has 0 aliphatic rings. The van der Waals surface area contributed by atoms with Crippen LogP contribution in [0.2, 0.25) is 0 Å². The Morgan fingerprint density at radius 2 is 1.94 bits per heavy atom. The summed E-state index contributed by atoms with van der Waals surface area (Å²) >= 11 is 9.02. The van der Waals surface area contributed by atoms with Gasteiger partial charge in [-0.2, -0.15) is 0 Å². The van der Waals surface area contributed by atoms with Crippen molar-refractivity contribution in [3.8, 4) is 0 Å². The monoisotopic (exact) mass is 329 g/mol. The molecule has 18 heavy (non-hydrogen) atoms. The fourth-order valence-electron chi connectivity index (χ4n) is 1.48. The zero-order valence-corrected chi connectivity index (χ0v) is 13.9. The summed E-state index contributed by atoms with van der Waals surface area (Å²) in [6, 6.07) is 7.08. The summed E-state index contributed by atoms with van der Waals surface area (Å²) in [5.41, 5.74) is 1.18. The Morgan fingerprint density at radius 1 is 1.28 bits per heavy atom. The average molecular weight is 331 g/mol. The standard InChI is InChI=1S/C11H9NO3S2.Zn/c13-9(16)5-6(11(14)17)10-12-7-3-1-2-4-8(7)15-10;/h1-4,6H,5H2,(H,13,16)(H,14,17);/q;+2/p-2. The van der Waals surface area contributed by atoms with Gasteiger partial charge < -0.3 is 39.3 Å². The van der Waals surface area contributed by atoms with Crippen LogP contribution in [0.15, 0.2) is 28.7 Å². The van der Waals surface area contributed by atoms with Gasteiger partial charge in [-0.05, 0) is 12.1 Å². The van der Waals surface area contributed by atoms with Crippen molar-refractivity contribution in [3.05, 3.63) is 30.2 Å². The van der Waals surface area contributed by atoms with E-state index in [1.807, 2.05) is 0 Å². The molecule has 88 valence electrons. The zero-order chi connectivity index (χ0) is 12.4. The minimum absolute atomic E-state index is 0. The number of benzene rings is 1. The number of hydrogen-bond donors (Lipinski definition) is 0. The van der Waals surface area contributed by atoms with Crippen LogP contribution >= 0.6 is 0 Å². The predicted octanol–water partition coefficient (Wildman–Crippen LogP) is 1.45. The van der Waals surface area contributed by atoms with Crippen molar-refractivity contribution in [1.29, 1.82) is 0 Å². The van der Waals surface area contributed by atoms with Crippen LogP contribution in [-0.2, 0) is 54.3 Å². The van der Waals surface area contributed by atoms with E-state index < -0.39 is 16.1 Å². The van der Waals surface area contributed by atoms with Gasteiger partial charge in [-0.15, -0.1) is 0 Å². The molecule has 1 atom stereocenters. The number of nitrogens with zero attached hydrogens (tertiary/aromatic N) is 1. The number of hydrogen-bond acceptors (Lipinski definition) is 6. The number of para-hydroxylation sites is 2. The molecule has 1 aromatic heterocycles. The minimum atomic E-state index is -0.859. The van der Waals surface area contributed by atoms with Crippen LogP contribution in [-0.4, -0.2) is 15.2 Å². The van der Waals surface area contributed by atoms with Gasteiger partial charge in [-0.25, -0.2) is 4.98 Å². The molecule has 1 unspecified atom stereocenters. The molecule has 2 aromatic rings. The van der Waals surface area contributed by atoms with Gasteiger partial charge in [0.1, 0.15) is 5.52 Å². The summed E-state index contributed by atoms with van der Waals surface area (Å²) in [7, 11) is 0. The molecule has 7 heteroatoms. The van der Waals surface area contributed by atoms with E-state index in [4.69, 9.17) is 4.42 Å². The van der Waals surface area contributed by atoms with E-state index in [0.29, 0.717) is 11.1 Å². The summed E-state index contributed by atoms with van der Waals surface area (Å²) in [6.45, 7) is 0. The largest absolute Gasteiger partial charge is 2.00 e. The normalized spacial score (nSPS) is 11.8. The molecule has 0 N–H and O–H groups in total. The molecule has 0 amide bonds. The Kier molecular flexibility index (Phi) is 5.32. The van der Waals surface area contributed by atoms with Gasteiger partial charge in [-0.1, -0.05) is 12.1 Å². The van der Waals surface area contributed by atoms with Crippen molar-refractivity contribution in [3.63, 3.8) is 0 Å². The average Bonchev–Trinajstić information content (AvgIpc) is 2.68. The van der Waals surface area contributed by atoms with Crippen molar-refractivity contribution >= 4 is 46.6 Å². The Hall–Kier alpha value is -0.907. The fraction of sp³-hybridized carbons (Fsp3) is 0.182. The van der Waals surface area contributed by atoms with Gasteiger partial charge in [0.2, 0.25) is 5.89 Å². The number of oxazole rings is 1. The molecule has 0 saturated carbocycles. The van der Waals surface area contributed by atoms with Crippen molar-refractivity contribution in [2.24, 2.45) is 0 Å². The maximum atomic E-state index is 11.3. The predicted molar refractivity (Wildman–Crippen MR) is 66.1 cm³/mol. The van der Waals surface area contributed by atoms with E-state index >= 15 is 0 Å². The Bertz CT molecular complexity index is 551. The molecule has 0 radical (unpaired) electrons. The van der Waals surface area contributed by atoms with Crippen LogP contribution < -0.4 is 0 Å². The number of carbonyl (C=O) groups is 2. The summed E-state index contributed by atoms with van der Waals surface area (Å²) in [5.74, 6) is -0.702. The summed E-state index contributed by atoms with van der Waals surface area (Å²) < 4.78 is 5.40. The molecule has 0 aliphatic heterocycles. The molecule has 0 fully saturated rings. The number of carbonyl (C=O) groups excluding carboxylic acids is 2. The first-order valence-corrected chi connectivity index (χ1v) is 5.65. The molecule has 0 aliphatic carbocycles. The summed E-state index contributed by atoms with van der Waals surface area (Å²) in [5, 5.41) is -1.12. The molecule has 0 saturated heterocycles. The van der Waals surface area contributed by atoms with Crippen LogP contribution in [0.4, 0.5) is 0 Å². The second kappa shape index (κ2) is 6.32. The van der Waals surface area contributed by atoms with Gasteiger partial charge in [-0.3, -0.25) is 0 Å². The zero-order valence-electron chi connectivity index (χ0n) is 9.29. The maximum absolute atomic E-state index is 11.3. The number of fused-ring (bicyclic) bond motifs is 1. The van der Waals surface area contributed by atoms with Crippen molar-refractivity contribution in [1.82, 2.24) is 4.98 Å². The van der Waals surface area contributed by atoms with E-state index in [1.54, 1.807) is 24.3 Å². The third-order valence-electron chi connectivity index (χ3n) is 2.26. The van der Waals surface area contributed by atoms with Crippen LogP contribution in [0.5, 0.6) is 0 Å². The summed E-state index contributed by atoms with van der Waals surface area (Å²) in [6.07, 6.45) is -0.148. The topological polar surface area (TPSA) is 60.2 Å². The van der Waals surface area contributed by atoms with E-state index in [0.717, 1.165) is 0 Å². The molecule has 4 nitrogen and oxygen atoms in total. The first kappa shape index (κ1) is 15.2. The van der Waals surface area contributed by atoms with Crippen LogP contribution in [0.25, 0.3) is 11.1 Å². The first-order chi connectivity index (χ1) is 8.08. The van der Waals surface area contributed by atoms with Crippen LogP contribution in [0, 0.1) is 0 Å². The molecular formula is C11H7NO3S2Zn. The molecule has 1 heterocycles. The van der Waals surface area contributed by atoms with Crippen LogP contribution in [0.1, 0.15) is 18.2 Å². The van der Waals surface area contributed by atoms with Crippen molar-refractivity contribution in [2.75, 3.05) is 0 Å². The van der Waals surface area contributed by atoms with Crippen molar-refractivity contribution in [2.45, 2.75) is 12.3 Å². The van der Waals surface area contributed by atoms with Gasteiger partial charge in [0.25, 0.3) is 0 Å². The maximum Gasteiger partial charge on any atom is 2.00 e. The fourth-order valence-corrected chi connectivity index (χ4v) is 1.83. The smallest absolute Gasteiger partial charge is 0.742 e. The quantitative estimate of drug-likeness (QED) is 0.624. The van der Waals surface area contributed by atoms with E-state index in [-0.39, 0.29) is 31.8 Å². The Balaban J connectivity index is 0.00000162. The van der Waals surface area contributed by atoms with Gasteiger partial charge in [0.05, 0.1) is 5.92 Å². The Labute approximate surface area is 127 Å². The van der Waals surface area contributed by atoms with E-state index in [9.17, 15) is 9.59 Å². The van der Waals surface area contributed by atoms with Gasteiger partial charge >= 0.3 is 19.5 Å². The molecule has 0 spiro atoms. The van der Waals surface area contributed by atoms with Crippen molar-refractivity contribution < 1.29 is 33.5 Å². The molecular weight excluding hydrogens is 324 g/mol. The van der Waals surface area contributed by atoms with Gasteiger partial charge in [0.15, 0.2) is 5.58 Å². The second-order valence-corrected chi connectivity index (χ2v) is 4.33. The summed E-state index contributed by atoms with van der Waals surface area (Å²) in [4.78, 5) is 26.3. The third kappa shape index (κ3) is 3.31. The molecule has 0 bridgehead atoms. The third-order valence-corrected chi connectivity index (χ3v) is 2.72. The number of aromatic nitrogens is 1. The second-order valence-electron chi connectivity index (χ2n) is 3.47. The molecule has 2 rings (SSSR count). The first-order valence-electron chi connectivity index (χ1n) is 4.84. The minimum Gasteiger partial charge on any atom is -0.742 e. The van der Waals surface area contributed by atoms with E-state index in [1.165, 1.54) is 0 Å². The SMILES string of the molecule is O=C([S-])CC(C(=O)[S-])c1nc2ccccc2o1.[Zn+2]. The van der Waals surface area contributed by atoms with Gasteiger partial charge in [0, 0.05) is 16.7 Å². The molecule has 1 aromatic carbocycles.